The lowest BCUT2D eigenvalue weighted by Crippen LogP contribution is -2.31. The van der Waals surface area contributed by atoms with Crippen LogP contribution in [0, 0.1) is 0 Å². The zero-order valence-electron chi connectivity index (χ0n) is 11.1. The maximum atomic E-state index is 11.7. The summed E-state index contributed by atoms with van der Waals surface area (Å²) in [6, 6.07) is 0. The van der Waals surface area contributed by atoms with Gasteiger partial charge in [-0.05, 0) is 13.0 Å². The Kier molecular flexibility index (Phi) is 6.31. The van der Waals surface area contributed by atoms with Crippen LogP contribution < -0.4 is 0 Å². The Balaban J connectivity index is 2.73. The van der Waals surface area contributed by atoms with E-state index in [0.717, 1.165) is 0 Å². The standard InChI is InChI=1S/C12H16O9/c1-2-6-3-7(11(17)20-8(15)4-13)19-10(6)12(18)21-9(16)5-14/h2-3,8-10,13-16H,4-5H2,1H3. The number of hydrogen-bond donors (Lipinski definition) is 4. The van der Waals surface area contributed by atoms with Crippen molar-refractivity contribution in [2.75, 3.05) is 13.2 Å². The molecule has 3 atom stereocenters. The third kappa shape index (κ3) is 4.53. The van der Waals surface area contributed by atoms with E-state index in [1.165, 1.54) is 12.2 Å². The van der Waals surface area contributed by atoms with Gasteiger partial charge in [-0.1, -0.05) is 6.08 Å². The van der Waals surface area contributed by atoms with Crippen LogP contribution in [0.4, 0.5) is 0 Å². The van der Waals surface area contributed by atoms with Crippen LogP contribution in [0.3, 0.4) is 0 Å². The number of carbonyl (C=O) groups is 2. The minimum absolute atomic E-state index is 0.274. The third-order valence-corrected chi connectivity index (χ3v) is 2.40. The van der Waals surface area contributed by atoms with Gasteiger partial charge in [0.25, 0.3) is 0 Å². The predicted molar refractivity (Wildman–Crippen MR) is 65.1 cm³/mol. The van der Waals surface area contributed by atoms with Crippen molar-refractivity contribution in [3.8, 4) is 0 Å². The second-order valence-corrected chi connectivity index (χ2v) is 3.91. The Morgan fingerprint density at radius 3 is 2.38 bits per heavy atom. The van der Waals surface area contributed by atoms with E-state index in [9.17, 15) is 9.59 Å². The van der Waals surface area contributed by atoms with Crippen LogP contribution >= 0.6 is 0 Å². The second kappa shape index (κ2) is 7.74. The highest BCUT2D eigenvalue weighted by Gasteiger charge is 2.36. The van der Waals surface area contributed by atoms with Crippen LogP contribution in [0.25, 0.3) is 0 Å². The number of aliphatic hydroxyl groups is 4. The molecular formula is C12H16O9. The largest absolute Gasteiger partial charge is 0.466 e. The Labute approximate surface area is 119 Å². The summed E-state index contributed by atoms with van der Waals surface area (Å²) in [5, 5.41) is 35.2. The molecule has 4 N–H and O–H groups in total. The molecule has 3 unspecified atom stereocenters. The highest BCUT2D eigenvalue weighted by atomic mass is 16.7. The molecule has 0 aliphatic carbocycles. The summed E-state index contributed by atoms with van der Waals surface area (Å²) in [4.78, 5) is 23.3. The first-order valence-electron chi connectivity index (χ1n) is 5.96. The van der Waals surface area contributed by atoms with E-state index in [1.54, 1.807) is 6.92 Å². The first-order valence-corrected chi connectivity index (χ1v) is 5.96. The van der Waals surface area contributed by atoms with Gasteiger partial charge >= 0.3 is 11.9 Å². The monoisotopic (exact) mass is 304 g/mol. The summed E-state index contributed by atoms with van der Waals surface area (Å²) in [6.07, 6.45) is -2.04. The highest BCUT2D eigenvalue weighted by Crippen LogP contribution is 2.25. The van der Waals surface area contributed by atoms with Crippen LogP contribution in [0.2, 0.25) is 0 Å². The van der Waals surface area contributed by atoms with Crippen molar-refractivity contribution in [2.24, 2.45) is 0 Å². The van der Waals surface area contributed by atoms with Crippen LogP contribution in [0.1, 0.15) is 6.92 Å². The molecule has 0 aromatic heterocycles. The molecule has 1 aliphatic rings. The average molecular weight is 304 g/mol. The zero-order valence-corrected chi connectivity index (χ0v) is 11.1. The Morgan fingerprint density at radius 1 is 1.29 bits per heavy atom. The first kappa shape index (κ1) is 17.1. The van der Waals surface area contributed by atoms with E-state index in [4.69, 9.17) is 25.2 Å². The van der Waals surface area contributed by atoms with E-state index in [2.05, 4.69) is 9.47 Å². The average Bonchev–Trinajstić information content (AvgIpc) is 2.91. The number of ether oxygens (including phenoxy) is 3. The maximum absolute atomic E-state index is 11.7. The molecule has 1 rings (SSSR count). The van der Waals surface area contributed by atoms with Crippen molar-refractivity contribution >= 4 is 11.9 Å². The Hall–Kier alpha value is -1.94. The highest BCUT2D eigenvalue weighted by molar-refractivity contribution is 5.91. The van der Waals surface area contributed by atoms with Gasteiger partial charge in [0, 0.05) is 5.57 Å². The molecular weight excluding hydrogens is 288 g/mol. The van der Waals surface area contributed by atoms with Gasteiger partial charge in [-0.2, -0.15) is 0 Å². The molecule has 118 valence electrons. The number of esters is 2. The normalized spacial score (nSPS) is 22.2. The fraction of sp³-hybridized carbons (Fsp3) is 0.500. The minimum Gasteiger partial charge on any atom is -0.466 e. The number of rotatable bonds is 6. The van der Waals surface area contributed by atoms with Crippen LogP contribution in [0.5, 0.6) is 0 Å². The molecule has 0 saturated carbocycles. The van der Waals surface area contributed by atoms with Crippen molar-refractivity contribution < 1.29 is 44.2 Å². The lowest BCUT2D eigenvalue weighted by molar-refractivity contribution is -0.183. The van der Waals surface area contributed by atoms with Gasteiger partial charge in [0.05, 0.1) is 0 Å². The van der Waals surface area contributed by atoms with Gasteiger partial charge in [0.1, 0.15) is 13.2 Å². The molecule has 21 heavy (non-hydrogen) atoms. The molecule has 0 fully saturated rings. The SMILES string of the molecule is CC=C1C=C(C(=O)OC(O)CO)OC1C(=O)OC(O)CO. The summed E-state index contributed by atoms with van der Waals surface area (Å²) in [5.41, 5.74) is 0.274. The lowest BCUT2D eigenvalue weighted by atomic mass is 10.1. The van der Waals surface area contributed by atoms with Gasteiger partial charge in [0.15, 0.2) is 0 Å². The third-order valence-electron chi connectivity index (χ3n) is 2.40. The zero-order chi connectivity index (χ0) is 16.0. The summed E-state index contributed by atoms with van der Waals surface area (Å²) in [5.74, 6) is -2.45. The fourth-order valence-corrected chi connectivity index (χ4v) is 1.43. The van der Waals surface area contributed by atoms with Gasteiger partial charge in [-0.15, -0.1) is 0 Å². The fourth-order valence-electron chi connectivity index (χ4n) is 1.43. The number of carbonyl (C=O) groups excluding carboxylic acids is 2. The molecule has 0 spiro atoms. The van der Waals surface area contributed by atoms with Crippen LogP contribution in [-0.4, -0.2) is 64.3 Å². The molecule has 0 radical (unpaired) electrons. The molecule has 0 aromatic carbocycles. The van der Waals surface area contributed by atoms with Crippen LogP contribution in [0.15, 0.2) is 23.5 Å². The number of hydrogen-bond acceptors (Lipinski definition) is 9. The maximum Gasteiger partial charge on any atom is 0.376 e. The van der Waals surface area contributed by atoms with Crippen LogP contribution in [-0.2, 0) is 23.8 Å². The molecule has 0 aromatic rings. The van der Waals surface area contributed by atoms with Crippen molar-refractivity contribution in [2.45, 2.75) is 25.6 Å². The van der Waals surface area contributed by atoms with Gasteiger partial charge in [0.2, 0.25) is 24.4 Å². The lowest BCUT2D eigenvalue weighted by Gasteiger charge is -2.16. The summed E-state index contributed by atoms with van der Waals surface area (Å²) in [6.45, 7) is 0.00704. The van der Waals surface area contributed by atoms with Gasteiger partial charge in [-0.3, -0.25) is 0 Å². The van der Waals surface area contributed by atoms with Crippen molar-refractivity contribution in [1.29, 1.82) is 0 Å². The molecule has 0 saturated heterocycles. The molecule has 0 amide bonds. The van der Waals surface area contributed by atoms with Crippen molar-refractivity contribution in [3.05, 3.63) is 23.5 Å². The van der Waals surface area contributed by atoms with Gasteiger partial charge < -0.3 is 34.6 Å². The summed E-state index contributed by atoms with van der Waals surface area (Å²) >= 11 is 0. The Bertz CT molecular complexity index is 454. The summed E-state index contributed by atoms with van der Waals surface area (Å²) in [7, 11) is 0. The topological polar surface area (TPSA) is 143 Å². The van der Waals surface area contributed by atoms with Crippen molar-refractivity contribution in [1.82, 2.24) is 0 Å². The van der Waals surface area contributed by atoms with Crippen molar-refractivity contribution in [3.63, 3.8) is 0 Å². The first-order chi connectivity index (χ1) is 9.92. The molecule has 1 aliphatic heterocycles. The molecule has 0 bridgehead atoms. The smallest absolute Gasteiger partial charge is 0.376 e. The summed E-state index contributed by atoms with van der Waals surface area (Å²) < 4.78 is 13.9. The van der Waals surface area contributed by atoms with E-state index in [-0.39, 0.29) is 11.3 Å². The van der Waals surface area contributed by atoms with E-state index in [0.29, 0.717) is 0 Å². The van der Waals surface area contributed by atoms with E-state index in [1.807, 2.05) is 0 Å². The predicted octanol–water partition coefficient (Wildman–Crippen LogP) is -2.08. The number of allylic oxidation sites excluding steroid dienone is 1. The van der Waals surface area contributed by atoms with E-state index < -0.39 is 43.8 Å². The Morgan fingerprint density at radius 2 is 1.86 bits per heavy atom. The number of aliphatic hydroxyl groups excluding tert-OH is 4. The molecule has 9 heteroatoms. The quantitative estimate of drug-likeness (QED) is 0.321. The van der Waals surface area contributed by atoms with Gasteiger partial charge in [-0.25, -0.2) is 9.59 Å². The molecule has 9 nitrogen and oxygen atoms in total. The van der Waals surface area contributed by atoms with E-state index >= 15 is 0 Å². The second-order valence-electron chi connectivity index (χ2n) is 3.91. The minimum atomic E-state index is -1.71. The molecule has 1 heterocycles.